The molecule has 2 aromatic rings. The number of carbonyl (C=O) groups excluding carboxylic acids is 1. The first-order valence-electron chi connectivity index (χ1n) is 5.92. The lowest BCUT2D eigenvalue weighted by Gasteiger charge is -2.11. The molecule has 0 unspecified atom stereocenters. The van der Waals surface area contributed by atoms with Crippen molar-refractivity contribution in [2.75, 3.05) is 5.73 Å². The lowest BCUT2D eigenvalue weighted by molar-refractivity contribution is 0.0998. The van der Waals surface area contributed by atoms with Crippen LogP contribution in [0.25, 0.3) is 0 Å². The number of hydrogen-bond donors (Lipinski definition) is 2. The van der Waals surface area contributed by atoms with Crippen molar-refractivity contribution in [2.45, 2.75) is 13.8 Å². The van der Waals surface area contributed by atoms with Crippen molar-refractivity contribution in [1.29, 1.82) is 0 Å². The van der Waals surface area contributed by atoms with Gasteiger partial charge in [-0.1, -0.05) is 6.07 Å². The summed E-state index contributed by atoms with van der Waals surface area (Å²) in [6.07, 6.45) is 0. The molecule has 0 spiro atoms. The van der Waals surface area contributed by atoms with Crippen LogP contribution in [0.1, 0.15) is 21.5 Å². The van der Waals surface area contributed by atoms with E-state index >= 15 is 0 Å². The molecule has 0 bridgehead atoms. The van der Waals surface area contributed by atoms with Crippen LogP contribution in [0.5, 0.6) is 11.5 Å². The second-order valence-corrected chi connectivity index (χ2v) is 4.47. The van der Waals surface area contributed by atoms with E-state index in [2.05, 4.69) is 0 Å². The third kappa shape index (κ3) is 2.85. The zero-order valence-corrected chi connectivity index (χ0v) is 10.9. The Labute approximate surface area is 112 Å². The molecule has 0 heterocycles. The van der Waals surface area contributed by atoms with Crippen molar-refractivity contribution in [3.63, 3.8) is 0 Å². The number of primary amides is 1. The number of aryl methyl sites for hydroxylation is 2. The molecule has 4 nitrogen and oxygen atoms in total. The summed E-state index contributed by atoms with van der Waals surface area (Å²) < 4.78 is 5.71. The molecule has 0 aliphatic carbocycles. The number of nitrogen functional groups attached to an aromatic ring is 1. The van der Waals surface area contributed by atoms with Crippen molar-refractivity contribution < 1.29 is 9.53 Å². The first kappa shape index (κ1) is 13.0. The van der Waals surface area contributed by atoms with E-state index in [0.29, 0.717) is 22.7 Å². The van der Waals surface area contributed by atoms with Gasteiger partial charge in [0.05, 0.1) is 5.56 Å². The topological polar surface area (TPSA) is 78.3 Å². The first-order chi connectivity index (χ1) is 8.97. The third-order valence-electron chi connectivity index (χ3n) is 2.98. The van der Waals surface area contributed by atoms with E-state index in [1.807, 2.05) is 32.0 Å². The minimum Gasteiger partial charge on any atom is -0.456 e. The minimum absolute atomic E-state index is 0.312. The highest BCUT2D eigenvalue weighted by atomic mass is 16.5. The summed E-state index contributed by atoms with van der Waals surface area (Å²) in [4.78, 5) is 11.3. The molecule has 0 aromatic heterocycles. The number of amides is 1. The molecule has 4 N–H and O–H groups in total. The van der Waals surface area contributed by atoms with Crippen LogP contribution in [0.2, 0.25) is 0 Å². The predicted molar refractivity (Wildman–Crippen MR) is 75.4 cm³/mol. The monoisotopic (exact) mass is 256 g/mol. The summed E-state index contributed by atoms with van der Waals surface area (Å²) in [5.41, 5.74) is 14.1. The SMILES string of the molecule is Cc1ccc(Oc2cc(N)ccc2C(N)=O)cc1C. The Morgan fingerprint density at radius 3 is 2.42 bits per heavy atom. The number of anilines is 1. The molecule has 0 atom stereocenters. The van der Waals surface area contributed by atoms with Gasteiger partial charge in [0, 0.05) is 11.8 Å². The van der Waals surface area contributed by atoms with Crippen LogP contribution < -0.4 is 16.2 Å². The van der Waals surface area contributed by atoms with Crippen molar-refractivity contribution in [3.05, 3.63) is 53.1 Å². The first-order valence-corrected chi connectivity index (χ1v) is 5.92. The molecular formula is C15H16N2O2. The lowest BCUT2D eigenvalue weighted by atomic mass is 10.1. The average molecular weight is 256 g/mol. The Morgan fingerprint density at radius 1 is 1.05 bits per heavy atom. The smallest absolute Gasteiger partial charge is 0.252 e. The molecule has 0 saturated heterocycles. The number of hydrogen-bond acceptors (Lipinski definition) is 3. The highest BCUT2D eigenvalue weighted by Gasteiger charge is 2.11. The van der Waals surface area contributed by atoms with Gasteiger partial charge in [0.2, 0.25) is 0 Å². The highest BCUT2D eigenvalue weighted by molar-refractivity contribution is 5.96. The summed E-state index contributed by atoms with van der Waals surface area (Å²) in [7, 11) is 0. The van der Waals surface area contributed by atoms with Crippen molar-refractivity contribution >= 4 is 11.6 Å². The molecule has 0 radical (unpaired) electrons. The Morgan fingerprint density at radius 2 is 1.79 bits per heavy atom. The molecule has 0 fully saturated rings. The van der Waals surface area contributed by atoms with Crippen LogP contribution in [-0.4, -0.2) is 5.91 Å². The molecule has 0 aliphatic heterocycles. The van der Waals surface area contributed by atoms with Crippen LogP contribution in [-0.2, 0) is 0 Å². The lowest BCUT2D eigenvalue weighted by Crippen LogP contribution is -2.12. The van der Waals surface area contributed by atoms with E-state index in [1.165, 1.54) is 5.56 Å². The molecule has 1 amide bonds. The van der Waals surface area contributed by atoms with E-state index in [0.717, 1.165) is 5.56 Å². The Bertz CT molecular complexity index is 636. The van der Waals surface area contributed by atoms with Crippen LogP contribution in [0.3, 0.4) is 0 Å². The van der Waals surface area contributed by atoms with Gasteiger partial charge in [-0.25, -0.2) is 0 Å². The molecular weight excluding hydrogens is 240 g/mol. The van der Waals surface area contributed by atoms with E-state index < -0.39 is 5.91 Å². The van der Waals surface area contributed by atoms with E-state index in [4.69, 9.17) is 16.2 Å². The van der Waals surface area contributed by atoms with E-state index in [9.17, 15) is 4.79 Å². The number of ether oxygens (including phenoxy) is 1. The van der Waals surface area contributed by atoms with Gasteiger partial charge in [-0.15, -0.1) is 0 Å². The number of benzene rings is 2. The molecule has 4 heteroatoms. The average Bonchev–Trinajstić information content (AvgIpc) is 2.33. The molecule has 98 valence electrons. The van der Waals surface area contributed by atoms with Gasteiger partial charge >= 0.3 is 0 Å². The Kier molecular flexibility index (Phi) is 3.42. The molecule has 2 aromatic carbocycles. The van der Waals surface area contributed by atoms with Gasteiger partial charge in [-0.3, -0.25) is 4.79 Å². The van der Waals surface area contributed by atoms with Gasteiger partial charge in [0.1, 0.15) is 11.5 Å². The number of rotatable bonds is 3. The minimum atomic E-state index is -0.543. The highest BCUT2D eigenvalue weighted by Crippen LogP contribution is 2.28. The normalized spacial score (nSPS) is 10.2. The zero-order valence-electron chi connectivity index (χ0n) is 10.9. The van der Waals surface area contributed by atoms with Crippen molar-refractivity contribution in [2.24, 2.45) is 5.73 Å². The number of carbonyl (C=O) groups is 1. The molecule has 0 aliphatic rings. The fourth-order valence-corrected chi connectivity index (χ4v) is 1.73. The second-order valence-electron chi connectivity index (χ2n) is 4.47. The van der Waals surface area contributed by atoms with E-state index in [-0.39, 0.29) is 0 Å². The van der Waals surface area contributed by atoms with E-state index in [1.54, 1.807) is 18.2 Å². The summed E-state index contributed by atoms with van der Waals surface area (Å²) in [5, 5.41) is 0. The predicted octanol–water partition coefficient (Wildman–Crippen LogP) is 2.78. The Balaban J connectivity index is 2.39. The summed E-state index contributed by atoms with van der Waals surface area (Å²) >= 11 is 0. The maximum absolute atomic E-state index is 11.3. The summed E-state index contributed by atoms with van der Waals surface area (Å²) in [5.74, 6) is 0.478. The fraction of sp³-hybridized carbons (Fsp3) is 0.133. The van der Waals surface area contributed by atoms with Crippen LogP contribution in [0, 0.1) is 13.8 Å². The van der Waals surface area contributed by atoms with Crippen molar-refractivity contribution in [1.82, 2.24) is 0 Å². The Hall–Kier alpha value is -2.49. The third-order valence-corrected chi connectivity index (χ3v) is 2.98. The maximum Gasteiger partial charge on any atom is 0.252 e. The summed E-state index contributed by atoms with van der Waals surface area (Å²) in [6, 6.07) is 10.5. The standard InChI is InChI=1S/C15H16N2O2/c1-9-3-5-12(7-10(9)2)19-14-8-11(16)4-6-13(14)15(17)18/h3-8H,16H2,1-2H3,(H2,17,18). The van der Waals surface area contributed by atoms with Gasteiger partial charge < -0.3 is 16.2 Å². The van der Waals surface area contributed by atoms with Gasteiger partial charge in [-0.05, 0) is 49.2 Å². The van der Waals surface area contributed by atoms with Gasteiger partial charge in [0.15, 0.2) is 0 Å². The molecule has 2 rings (SSSR count). The van der Waals surface area contributed by atoms with Crippen molar-refractivity contribution in [3.8, 4) is 11.5 Å². The van der Waals surface area contributed by atoms with Gasteiger partial charge in [-0.2, -0.15) is 0 Å². The van der Waals surface area contributed by atoms with Crippen LogP contribution in [0.15, 0.2) is 36.4 Å². The fourth-order valence-electron chi connectivity index (χ4n) is 1.73. The van der Waals surface area contributed by atoms with Crippen LogP contribution in [0.4, 0.5) is 5.69 Å². The van der Waals surface area contributed by atoms with Gasteiger partial charge in [0.25, 0.3) is 5.91 Å². The largest absolute Gasteiger partial charge is 0.456 e. The quantitative estimate of drug-likeness (QED) is 0.829. The second kappa shape index (κ2) is 5.02. The number of nitrogens with two attached hydrogens (primary N) is 2. The zero-order chi connectivity index (χ0) is 14.0. The molecule has 0 saturated carbocycles. The van der Waals surface area contributed by atoms with Crippen LogP contribution >= 0.6 is 0 Å². The molecule has 19 heavy (non-hydrogen) atoms. The summed E-state index contributed by atoms with van der Waals surface area (Å²) in [6.45, 7) is 4.02. The maximum atomic E-state index is 11.3.